The monoisotopic (exact) mass is 378 g/mol. The minimum atomic E-state index is -3.47. The molecule has 0 atom stereocenters. The number of hydrogen-bond donors (Lipinski definition) is 2. The molecule has 4 rings (SSSR count). The third-order valence-electron chi connectivity index (χ3n) is 5.00. The fraction of sp³-hybridized carbons (Fsp3) is 0.368. The Morgan fingerprint density at radius 1 is 0.880 bits per heavy atom. The van der Waals surface area contributed by atoms with Gasteiger partial charge >= 0.3 is 0 Å². The second-order valence-corrected chi connectivity index (χ2v) is 8.44. The lowest BCUT2D eigenvalue weighted by Crippen LogP contribution is -2.23. The molecule has 0 fully saturated rings. The molecule has 2 aromatic carbocycles. The largest absolute Gasteiger partial charge is 0.309 e. The van der Waals surface area contributed by atoms with Crippen molar-refractivity contribution in [2.24, 2.45) is 0 Å². The van der Waals surface area contributed by atoms with E-state index in [0.29, 0.717) is 11.4 Å². The van der Waals surface area contributed by atoms with Gasteiger partial charge in [0.1, 0.15) is 0 Å². The van der Waals surface area contributed by atoms with Crippen LogP contribution in [-0.2, 0) is 42.5 Å². The SMILES string of the molecule is Cl.O=S(=O)(NCc1ccc2c(c1)CNC2)c1ccc2c(c1)CCCC2. The fourth-order valence-corrected chi connectivity index (χ4v) is 4.66. The van der Waals surface area contributed by atoms with Crippen LogP contribution in [0.15, 0.2) is 41.3 Å². The molecular formula is C19H23ClN2O2S. The van der Waals surface area contributed by atoms with Gasteiger partial charge in [0, 0.05) is 19.6 Å². The normalized spacial score (nSPS) is 16.0. The van der Waals surface area contributed by atoms with Crippen molar-refractivity contribution in [3.8, 4) is 0 Å². The molecule has 134 valence electrons. The van der Waals surface area contributed by atoms with Crippen LogP contribution in [0, 0.1) is 0 Å². The molecule has 25 heavy (non-hydrogen) atoms. The Morgan fingerprint density at radius 3 is 2.44 bits per heavy atom. The van der Waals surface area contributed by atoms with E-state index in [2.05, 4.69) is 22.2 Å². The van der Waals surface area contributed by atoms with Gasteiger partial charge in [0.25, 0.3) is 0 Å². The first-order valence-corrected chi connectivity index (χ1v) is 10.0. The molecule has 0 radical (unpaired) electrons. The molecule has 0 saturated carbocycles. The number of benzene rings is 2. The van der Waals surface area contributed by atoms with Crippen LogP contribution in [0.3, 0.4) is 0 Å². The van der Waals surface area contributed by atoms with Crippen LogP contribution in [0.25, 0.3) is 0 Å². The molecule has 0 bridgehead atoms. The van der Waals surface area contributed by atoms with E-state index in [0.717, 1.165) is 37.9 Å². The van der Waals surface area contributed by atoms with Crippen molar-refractivity contribution in [3.63, 3.8) is 0 Å². The van der Waals surface area contributed by atoms with Crippen LogP contribution >= 0.6 is 12.4 Å². The van der Waals surface area contributed by atoms with Crippen LogP contribution in [0.4, 0.5) is 0 Å². The zero-order chi connectivity index (χ0) is 16.6. The molecule has 1 aliphatic heterocycles. The Labute approximate surface area is 155 Å². The molecule has 0 unspecified atom stereocenters. The van der Waals surface area contributed by atoms with Gasteiger partial charge < -0.3 is 5.32 Å². The number of nitrogens with one attached hydrogen (secondary N) is 2. The summed E-state index contributed by atoms with van der Waals surface area (Å²) in [6.07, 6.45) is 4.39. The van der Waals surface area contributed by atoms with Gasteiger partial charge in [0.05, 0.1) is 4.90 Å². The summed E-state index contributed by atoms with van der Waals surface area (Å²) in [5, 5.41) is 3.30. The van der Waals surface area contributed by atoms with Crippen LogP contribution in [-0.4, -0.2) is 8.42 Å². The van der Waals surface area contributed by atoms with E-state index in [9.17, 15) is 8.42 Å². The lowest BCUT2D eigenvalue weighted by Gasteiger charge is -2.17. The molecule has 1 aliphatic carbocycles. The Hall–Kier alpha value is -1.40. The van der Waals surface area contributed by atoms with Crippen LogP contribution in [0.1, 0.15) is 40.7 Å². The zero-order valence-corrected chi connectivity index (χ0v) is 15.7. The molecule has 1 heterocycles. The Morgan fingerprint density at radius 2 is 1.60 bits per heavy atom. The highest BCUT2D eigenvalue weighted by atomic mass is 35.5. The first-order valence-electron chi connectivity index (χ1n) is 8.55. The van der Waals surface area contributed by atoms with E-state index in [-0.39, 0.29) is 12.4 Å². The molecular weight excluding hydrogens is 356 g/mol. The van der Waals surface area contributed by atoms with Gasteiger partial charge in [-0.1, -0.05) is 24.3 Å². The number of hydrogen-bond acceptors (Lipinski definition) is 3. The molecule has 0 amide bonds. The van der Waals surface area contributed by atoms with E-state index in [1.54, 1.807) is 6.07 Å². The number of sulfonamides is 1. The van der Waals surface area contributed by atoms with Crippen molar-refractivity contribution in [1.29, 1.82) is 0 Å². The highest BCUT2D eigenvalue weighted by Gasteiger charge is 2.18. The van der Waals surface area contributed by atoms with E-state index in [4.69, 9.17) is 0 Å². The predicted octanol–water partition coefficient (Wildman–Crippen LogP) is 3.07. The number of halogens is 1. The standard InChI is InChI=1S/C19H22N2O2S.ClH/c22-24(23,19-8-7-15-3-1-2-4-16(15)10-19)21-11-14-5-6-17-12-20-13-18(17)9-14;/h5-10,20-21H,1-4,11-13H2;1H. The van der Waals surface area contributed by atoms with Gasteiger partial charge in [-0.15, -0.1) is 12.4 Å². The molecule has 0 saturated heterocycles. The Kier molecular flexibility index (Phi) is 5.49. The quantitative estimate of drug-likeness (QED) is 0.859. The number of aryl methyl sites for hydroxylation is 2. The molecule has 2 aliphatic rings. The van der Waals surface area contributed by atoms with Gasteiger partial charge in [-0.25, -0.2) is 13.1 Å². The molecule has 0 aromatic heterocycles. The first kappa shape index (κ1) is 18.4. The maximum Gasteiger partial charge on any atom is 0.240 e. The van der Waals surface area contributed by atoms with Crippen LogP contribution in [0.2, 0.25) is 0 Å². The van der Waals surface area contributed by atoms with Gasteiger partial charge in [0.15, 0.2) is 0 Å². The molecule has 0 spiro atoms. The lowest BCUT2D eigenvalue weighted by molar-refractivity contribution is 0.580. The topological polar surface area (TPSA) is 58.2 Å². The highest BCUT2D eigenvalue weighted by molar-refractivity contribution is 7.89. The lowest BCUT2D eigenvalue weighted by atomic mass is 9.92. The van der Waals surface area contributed by atoms with Gasteiger partial charge in [-0.3, -0.25) is 0 Å². The third kappa shape index (κ3) is 3.90. The molecule has 2 N–H and O–H groups in total. The summed E-state index contributed by atoms with van der Waals surface area (Å²) in [5.74, 6) is 0. The van der Waals surface area contributed by atoms with E-state index in [1.165, 1.54) is 28.7 Å². The second-order valence-electron chi connectivity index (χ2n) is 6.67. The van der Waals surface area contributed by atoms with Crippen molar-refractivity contribution in [2.75, 3.05) is 0 Å². The average Bonchev–Trinajstić information content (AvgIpc) is 3.07. The minimum Gasteiger partial charge on any atom is -0.309 e. The smallest absolute Gasteiger partial charge is 0.240 e. The van der Waals surface area contributed by atoms with E-state index in [1.807, 2.05) is 18.2 Å². The van der Waals surface area contributed by atoms with Crippen molar-refractivity contribution >= 4 is 22.4 Å². The van der Waals surface area contributed by atoms with E-state index < -0.39 is 10.0 Å². The summed E-state index contributed by atoms with van der Waals surface area (Å²) in [5.41, 5.74) is 6.05. The van der Waals surface area contributed by atoms with E-state index >= 15 is 0 Å². The summed E-state index contributed by atoms with van der Waals surface area (Å²) in [4.78, 5) is 0.381. The van der Waals surface area contributed by atoms with Crippen molar-refractivity contribution in [2.45, 2.75) is 50.2 Å². The summed E-state index contributed by atoms with van der Waals surface area (Å²) < 4.78 is 27.9. The first-order chi connectivity index (χ1) is 11.6. The molecule has 6 heteroatoms. The second kappa shape index (κ2) is 7.46. The minimum absolute atomic E-state index is 0. The summed E-state index contributed by atoms with van der Waals surface area (Å²) in [6.45, 7) is 2.09. The summed E-state index contributed by atoms with van der Waals surface area (Å²) in [6, 6.07) is 11.7. The van der Waals surface area contributed by atoms with Crippen LogP contribution < -0.4 is 10.0 Å². The molecule has 4 nitrogen and oxygen atoms in total. The highest BCUT2D eigenvalue weighted by Crippen LogP contribution is 2.24. The Balaban J connectivity index is 0.00000182. The van der Waals surface area contributed by atoms with Crippen molar-refractivity contribution < 1.29 is 8.42 Å². The average molecular weight is 379 g/mol. The predicted molar refractivity (Wildman–Crippen MR) is 101 cm³/mol. The third-order valence-corrected chi connectivity index (χ3v) is 6.40. The fourth-order valence-electron chi connectivity index (χ4n) is 3.60. The number of fused-ring (bicyclic) bond motifs is 2. The zero-order valence-electron chi connectivity index (χ0n) is 14.0. The molecule has 2 aromatic rings. The number of rotatable bonds is 4. The van der Waals surface area contributed by atoms with Gasteiger partial charge in [-0.2, -0.15) is 0 Å². The summed E-state index contributed by atoms with van der Waals surface area (Å²) in [7, 11) is -3.47. The van der Waals surface area contributed by atoms with Gasteiger partial charge in [-0.05, 0) is 65.6 Å². The van der Waals surface area contributed by atoms with Crippen molar-refractivity contribution in [1.82, 2.24) is 10.0 Å². The maximum absolute atomic E-state index is 12.6. The van der Waals surface area contributed by atoms with Gasteiger partial charge in [0.2, 0.25) is 10.0 Å². The maximum atomic E-state index is 12.6. The van der Waals surface area contributed by atoms with Crippen LogP contribution in [0.5, 0.6) is 0 Å². The Bertz CT molecular complexity index is 881. The van der Waals surface area contributed by atoms with Crippen molar-refractivity contribution in [3.05, 3.63) is 64.2 Å². The summed E-state index contributed by atoms with van der Waals surface area (Å²) >= 11 is 0.